The van der Waals surface area contributed by atoms with Gasteiger partial charge in [-0.3, -0.25) is 14.5 Å². The van der Waals surface area contributed by atoms with Gasteiger partial charge >= 0.3 is 5.97 Å². The average molecular weight is 521 g/mol. The van der Waals surface area contributed by atoms with Crippen LogP contribution in [0.15, 0.2) is 34.2 Å². The van der Waals surface area contributed by atoms with Gasteiger partial charge < -0.3 is 14.5 Å². The minimum atomic E-state index is -0.943. The van der Waals surface area contributed by atoms with Crippen LogP contribution in [-0.4, -0.2) is 56.5 Å². The number of carboxylic acids is 1. The summed E-state index contributed by atoms with van der Waals surface area (Å²) in [5.74, 6) is 0.871. The molecule has 3 heterocycles. The van der Waals surface area contributed by atoms with Gasteiger partial charge in [0, 0.05) is 30.6 Å². The van der Waals surface area contributed by atoms with Crippen LogP contribution in [0.25, 0.3) is 11.0 Å². The summed E-state index contributed by atoms with van der Waals surface area (Å²) in [6, 6.07) is 9.62. The van der Waals surface area contributed by atoms with Crippen LogP contribution in [0.2, 0.25) is 0 Å². The van der Waals surface area contributed by atoms with E-state index in [1.807, 2.05) is 28.8 Å². The van der Waals surface area contributed by atoms with Crippen molar-refractivity contribution in [2.45, 2.75) is 108 Å². The Morgan fingerprint density at radius 1 is 0.947 bits per heavy atom. The van der Waals surface area contributed by atoms with Crippen LogP contribution >= 0.6 is 0 Å². The highest BCUT2D eigenvalue weighted by Gasteiger charge is 2.45. The zero-order chi connectivity index (χ0) is 26.2. The summed E-state index contributed by atoms with van der Waals surface area (Å²) in [4.78, 5) is 38.0. The quantitative estimate of drug-likeness (QED) is 0.401. The van der Waals surface area contributed by atoms with E-state index in [0.717, 1.165) is 35.7 Å². The summed E-state index contributed by atoms with van der Waals surface area (Å²) in [5, 5.41) is 13.3. The number of hydrogen-bond acceptors (Lipinski definition) is 6. The Hall–Kier alpha value is -2.74. The molecular formula is C30H40N4O4. The summed E-state index contributed by atoms with van der Waals surface area (Å²) < 4.78 is 1.96. The SMILES string of the molecule is CO/N=C(\CCC(=O)O)c1nc2ccccc2n(C2C[C@H]3CCC[C@@H](C2)N3C2C[C@H]3CCC[C@@H](C2)C3)c1=O. The molecule has 38 heavy (non-hydrogen) atoms. The van der Waals surface area contributed by atoms with Gasteiger partial charge in [-0.2, -0.15) is 0 Å². The van der Waals surface area contributed by atoms with Gasteiger partial charge in [0.15, 0.2) is 5.69 Å². The van der Waals surface area contributed by atoms with Gasteiger partial charge in [0.2, 0.25) is 0 Å². The molecule has 8 heteroatoms. The number of hydrogen-bond donors (Lipinski definition) is 1. The zero-order valence-electron chi connectivity index (χ0n) is 22.4. The third-order valence-electron chi connectivity index (χ3n) is 9.74. The fourth-order valence-corrected chi connectivity index (χ4v) is 8.38. The molecule has 2 saturated carbocycles. The number of para-hydroxylation sites is 2. The Morgan fingerprint density at radius 2 is 1.63 bits per heavy atom. The second kappa shape index (κ2) is 10.8. The monoisotopic (exact) mass is 520 g/mol. The minimum absolute atomic E-state index is 0.0899. The van der Waals surface area contributed by atoms with Crippen molar-refractivity contribution in [2.24, 2.45) is 17.0 Å². The van der Waals surface area contributed by atoms with Crippen LogP contribution in [0.1, 0.15) is 95.2 Å². The van der Waals surface area contributed by atoms with Crippen LogP contribution in [0.4, 0.5) is 0 Å². The molecular weight excluding hydrogens is 480 g/mol. The summed E-state index contributed by atoms with van der Waals surface area (Å²) in [7, 11) is 1.41. The molecule has 1 aromatic carbocycles. The molecule has 2 aromatic rings. The number of fused-ring (bicyclic) bond motifs is 5. The lowest BCUT2D eigenvalue weighted by Crippen LogP contribution is -2.58. The molecule has 4 fully saturated rings. The molecule has 6 rings (SSSR count). The topological polar surface area (TPSA) is 97.0 Å². The largest absolute Gasteiger partial charge is 0.481 e. The number of oxime groups is 1. The first-order valence-corrected chi connectivity index (χ1v) is 14.6. The molecule has 204 valence electrons. The van der Waals surface area contributed by atoms with E-state index in [1.165, 1.54) is 64.9 Å². The average Bonchev–Trinajstić information content (AvgIpc) is 2.90. The van der Waals surface area contributed by atoms with Crippen LogP contribution in [0, 0.1) is 11.8 Å². The third-order valence-corrected chi connectivity index (χ3v) is 9.74. The van der Waals surface area contributed by atoms with Crippen molar-refractivity contribution < 1.29 is 14.7 Å². The Kier molecular flexibility index (Phi) is 7.25. The van der Waals surface area contributed by atoms with Crippen molar-refractivity contribution in [1.82, 2.24) is 14.5 Å². The Balaban J connectivity index is 1.35. The van der Waals surface area contributed by atoms with E-state index in [0.29, 0.717) is 23.8 Å². The first kappa shape index (κ1) is 25.5. The summed E-state index contributed by atoms with van der Waals surface area (Å²) in [6.45, 7) is 0. The van der Waals surface area contributed by atoms with Crippen LogP contribution in [0.3, 0.4) is 0 Å². The maximum absolute atomic E-state index is 14.1. The number of benzene rings is 1. The van der Waals surface area contributed by atoms with Gasteiger partial charge in [-0.25, -0.2) is 4.98 Å². The standard InChI is InChI=1S/C30H40N4O4/c1-38-32-26(12-13-28(35)36)29-30(37)34(27-11-3-2-10-25(27)31-29)24-17-21-8-5-9-22(18-24)33(21)23-15-19-6-4-7-20(14-19)16-23/h2-3,10-11,19-24H,4-9,12-18H2,1H3,(H,35,36)/b32-26+/t19-,20+,21-,22+,23?,24?. The molecule has 4 bridgehead atoms. The van der Waals surface area contributed by atoms with Gasteiger partial charge in [0.25, 0.3) is 5.56 Å². The van der Waals surface area contributed by atoms with Gasteiger partial charge in [0.1, 0.15) is 12.8 Å². The fourth-order valence-electron chi connectivity index (χ4n) is 8.38. The molecule has 2 aliphatic carbocycles. The predicted octanol–water partition coefficient (Wildman–Crippen LogP) is 5.14. The van der Waals surface area contributed by atoms with Crippen molar-refractivity contribution in [3.05, 3.63) is 40.3 Å². The van der Waals surface area contributed by atoms with Crippen molar-refractivity contribution in [3.63, 3.8) is 0 Å². The smallest absolute Gasteiger partial charge is 0.303 e. The van der Waals surface area contributed by atoms with Crippen molar-refractivity contribution in [2.75, 3.05) is 7.11 Å². The molecule has 2 saturated heterocycles. The summed E-state index contributed by atoms with van der Waals surface area (Å²) in [5.41, 5.74) is 1.90. The van der Waals surface area contributed by atoms with Crippen LogP contribution in [0.5, 0.6) is 0 Å². The van der Waals surface area contributed by atoms with Crippen LogP contribution < -0.4 is 5.56 Å². The highest BCUT2D eigenvalue weighted by molar-refractivity contribution is 6.00. The lowest BCUT2D eigenvalue weighted by atomic mass is 9.68. The molecule has 0 radical (unpaired) electrons. The van der Waals surface area contributed by atoms with E-state index < -0.39 is 5.97 Å². The third kappa shape index (κ3) is 4.88. The molecule has 0 spiro atoms. The van der Waals surface area contributed by atoms with Crippen molar-refractivity contribution in [3.8, 4) is 0 Å². The molecule has 8 nitrogen and oxygen atoms in total. The highest BCUT2D eigenvalue weighted by atomic mass is 16.6. The molecule has 2 unspecified atom stereocenters. The normalized spacial score (nSPS) is 31.8. The second-order valence-electron chi connectivity index (χ2n) is 12.1. The molecule has 1 aromatic heterocycles. The number of aliphatic carboxylic acids is 1. The molecule has 2 aliphatic heterocycles. The summed E-state index contributed by atoms with van der Waals surface area (Å²) >= 11 is 0. The number of piperidine rings is 2. The molecule has 6 atom stereocenters. The zero-order valence-corrected chi connectivity index (χ0v) is 22.4. The number of carbonyl (C=O) groups is 1. The number of rotatable bonds is 7. The lowest BCUT2D eigenvalue weighted by molar-refractivity contribution is -0.136. The summed E-state index contributed by atoms with van der Waals surface area (Å²) in [6.07, 6.45) is 14.0. The fraction of sp³-hybridized carbons (Fsp3) is 0.667. The van der Waals surface area contributed by atoms with Crippen LogP contribution in [-0.2, 0) is 9.63 Å². The van der Waals surface area contributed by atoms with Gasteiger partial charge in [-0.1, -0.05) is 43.0 Å². The second-order valence-corrected chi connectivity index (χ2v) is 12.1. The van der Waals surface area contributed by atoms with E-state index in [-0.39, 0.29) is 30.1 Å². The molecule has 1 N–H and O–H groups in total. The maximum Gasteiger partial charge on any atom is 0.303 e. The lowest BCUT2D eigenvalue weighted by Gasteiger charge is -2.55. The number of carboxylic acid groups (broad SMARTS) is 1. The predicted molar refractivity (Wildman–Crippen MR) is 146 cm³/mol. The minimum Gasteiger partial charge on any atom is -0.481 e. The Morgan fingerprint density at radius 3 is 2.32 bits per heavy atom. The van der Waals surface area contributed by atoms with Crippen molar-refractivity contribution in [1.29, 1.82) is 0 Å². The van der Waals surface area contributed by atoms with Gasteiger partial charge in [0.05, 0.1) is 17.5 Å². The first-order chi connectivity index (χ1) is 18.5. The number of nitrogens with zero attached hydrogens (tertiary/aromatic N) is 4. The van der Waals surface area contributed by atoms with E-state index in [4.69, 9.17) is 4.84 Å². The van der Waals surface area contributed by atoms with E-state index in [1.54, 1.807) is 0 Å². The van der Waals surface area contributed by atoms with E-state index in [2.05, 4.69) is 15.0 Å². The Labute approximate surface area is 224 Å². The first-order valence-electron chi connectivity index (χ1n) is 14.6. The molecule has 4 aliphatic rings. The van der Waals surface area contributed by atoms with E-state index in [9.17, 15) is 14.7 Å². The number of aromatic nitrogens is 2. The molecule has 0 amide bonds. The maximum atomic E-state index is 14.1. The van der Waals surface area contributed by atoms with Crippen molar-refractivity contribution >= 4 is 22.7 Å². The van der Waals surface area contributed by atoms with E-state index >= 15 is 0 Å². The van der Waals surface area contributed by atoms with Gasteiger partial charge in [-0.05, 0) is 68.9 Å². The highest BCUT2D eigenvalue weighted by Crippen LogP contribution is 2.47. The Bertz CT molecular complexity index is 1250. The van der Waals surface area contributed by atoms with Gasteiger partial charge in [-0.15, -0.1) is 0 Å².